The van der Waals surface area contributed by atoms with E-state index in [1.54, 1.807) is 16.2 Å². The van der Waals surface area contributed by atoms with Gasteiger partial charge in [0.15, 0.2) is 0 Å². The molecule has 196 valence electrons. The van der Waals surface area contributed by atoms with E-state index in [0.717, 1.165) is 17.8 Å². The van der Waals surface area contributed by atoms with Crippen LogP contribution in [-0.2, 0) is 0 Å². The lowest BCUT2D eigenvalue weighted by molar-refractivity contribution is -0.0897. The SMILES string of the molecule is Cc1ccccc1P(CC1C=CC=C1C(P)(C(C)(C)C)C12CC3CC(CC(C3)C1)C2)c1ccccc1C. The van der Waals surface area contributed by atoms with Crippen LogP contribution in [-0.4, -0.2) is 11.3 Å². The van der Waals surface area contributed by atoms with Crippen LogP contribution in [0.5, 0.6) is 0 Å². The van der Waals surface area contributed by atoms with E-state index in [9.17, 15) is 0 Å². The van der Waals surface area contributed by atoms with Gasteiger partial charge in [-0.1, -0.05) is 93.1 Å². The van der Waals surface area contributed by atoms with Crippen molar-refractivity contribution in [2.45, 2.75) is 78.3 Å². The van der Waals surface area contributed by atoms with Crippen LogP contribution in [0.1, 0.15) is 70.4 Å². The van der Waals surface area contributed by atoms with Crippen LogP contribution in [0.25, 0.3) is 0 Å². The highest BCUT2D eigenvalue weighted by Crippen LogP contribution is 2.71. The molecule has 2 aromatic carbocycles. The maximum Gasteiger partial charge on any atom is 0.0170 e. The second-order valence-corrected chi connectivity index (χ2v) is 17.1. The lowest BCUT2D eigenvalue weighted by Crippen LogP contribution is -2.61. The second-order valence-electron chi connectivity index (χ2n) is 14.1. The molecule has 0 radical (unpaired) electrons. The maximum absolute atomic E-state index is 3.60. The number of allylic oxidation sites excluding steroid dienone is 4. The Balaban J connectivity index is 1.41. The van der Waals surface area contributed by atoms with Gasteiger partial charge in [-0.25, -0.2) is 0 Å². The average Bonchev–Trinajstić information content (AvgIpc) is 3.30. The molecule has 0 heterocycles. The van der Waals surface area contributed by atoms with E-state index >= 15 is 0 Å². The number of rotatable bonds is 6. The van der Waals surface area contributed by atoms with Crippen LogP contribution < -0.4 is 10.6 Å². The zero-order chi connectivity index (χ0) is 26.0. The number of hydrogen-bond acceptors (Lipinski definition) is 0. The van der Waals surface area contributed by atoms with Gasteiger partial charge in [0.05, 0.1) is 0 Å². The average molecular weight is 529 g/mol. The molecule has 4 bridgehead atoms. The summed E-state index contributed by atoms with van der Waals surface area (Å²) < 4.78 is 0. The first kappa shape index (κ1) is 26.0. The first-order chi connectivity index (χ1) is 17.6. The largest absolute Gasteiger partial charge is 0.126 e. The summed E-state index contributed by atoms with van der Waals surface area (Å²) in [7, 11) is 3.15. The van der Waals surface area contributed by atoms with Crippen molar-refractivity contribution in [3.8, 4) is 0 Å². The summed E-state index contributed by atoms with van der Waals surface area (Å²) in [5.74, 6) is 3.42. The third kappa shape index (κ3) is 4.25. The van der Waals surface area contributed by atoms with Gasteiger partial charge in [-0.2, -0.15) is 0 Å². The van der Waals surface area contributed by atoms with Gasteiger partial charge in [0.1, 0.15) is 0 Å². The third-order valence-corrected chi connectivity index (χ3v) is 15.5. The van der Waals surface area contributed by atoms with Crippen molar-refractivity contribution in [2.24, 2.45) is 34.5 Å². The number of aryl methyl sites for hydroxylation is 2. The summed E-state index contributed by atoms with van der Waals surface area (Å²) in [6, 6.07) is 18.3. The molecule has 5 aliphatic rings. The van der Waals surface area contributed by atoms with Crippen molar-refractivity contribution in [1.82, 2.24) is 0 Å². The van der Waals surface area contributed by atoms with Crippen molar-refractivity contribution in [2.75, 3.05) is 6.16 Å². The lowest BCUT2D eigenvalue weighted by Gasteiger charge is -2.67. The zero-order valence-corrected chi connectivity index (χ0v) is 25.7. The van der Waals surface area contributed by atoms with E-state index < -0.39 is 7.92 Å². The second kappa shape index (κ2) is 9.46. The molecular formula is C35H46P2. The quantitative estimate of drug-likeness (QED) is 0.329. The molecule has 4 fully saturated rings. The van der Waals surface area contributed by atoms with E-state index in [1.807, 2.05) is 0 Å². The van der Waals surface area contributed by atoms with Gasteiger partial charge in [0, 0.05) is 11.1 Å². The Hall–Kier alpha value is -1.22. The van der Waals surface area contributed by atoms with E-state index in [2.05, 4.69) is 111 Å². The van der Waals surface area contributed by atoms with Crippen LogP contribution in [0.4, 0.5) is 0 Å². The van der Waals surface area contributed by atoms with E-state index in [1.165, 1.54) is 55.8 Å². The fraction of sp³-hybridized carbons (Fsp3) is 0.543. The predicted molar refractivity (Wildman–Crippen MR) is 167 cm³/mol. The Morgan fingerprint density at radius 3 is 1.76 bits per heavy atom. The summed E-state index contributed by atoms with van der Waals surface area (Å²) in [5.41, 5.74) is 5.25. The first-order valence-corrected chi connectivity index (χ1v) is 16.8. The first-order valence-electron chi connectivity index (χ1n) is 14.7. The summed E-state index contributed by atoms with van der Waals surface area (Å²) in [5, 5.41) is 3.26. The molecule has 0 N–H and O–H groups in total. The van der Waals surface area contributed by atoms with Crippen molar-refractivity contribution >= 4 is 27.8 Å². The Morgan fingerprint density at radius 1 is 0.811 bits per heavy atom. The molecule has 7 rings (SSSR count). The fourth-order valence-electron chi connectivity index (χ4n) is 9.49. The molecule has 2 aromatic rings. The minimum atomic E-state index is -0.448. The van der Waals surface area contributed by atoms with Gasteiger partial charge in [-0.15, -0.1) is 9.24 Å². The van der Waals surface area contributed by atoms with Gasteiger partial charge in [0.2, 0.25) is 0 Å². The highest BCUT2D eigenvalue weighted by Gasteiger charge is 2.63. The van der Waals surface area contributed by atoms with E-state index in [4.69, 9.17) is 0 Å². The molecule has 3 unspecified atom stereocenters. The Bertz CT molecular complexity index is 1150. The highest BCUT2D eigenvalue weighted by molar-refractivity contribution is 7.73. The van der Waals surface area contributed by atoms with Crippen molar-refractivity contribution in [1.29, 1.82) is 0 Å². The lowest BCUT2D eigenvalue weighted by atomic mass is 9.42. The topological polar surface area (TPSA) is 0 Å². The van der Waals surface area contributed by atoms with Crippen LogP contribution in [0, 0.1) is 48.3 Å². The molecule has 0 spiro atoms. The molecule has 0 saturated heterocycles. The van der Waals surface area contributed by atoms with E-state index in [0.29, 0.717) is 11.3 Å². The van der Waals surface area contributed by atoms with Gasteiger partial charge >= 0.3 is 0 Å². The van der Waals surface area contributed by atoms with Crippen molar-refractivity contribution < 1.29 is 0 Å². The molecule has 0 aromatic heterocycles. The fourth-order valence-corrected chi connectivity index (χ4v) is 13.0. The normalized spacial score (nSPS) is 32.1. The molecule has 37 heavy (non-hydrogen) atoms. The molecular weight excluding hydrogens is 482 g/mol. The van der Waals surface area contributed by atoms with Gasteiger partial charge < -0.3 is 0 Å². The molecule has 0 aliphatic heterocycles. The minimum absolute atomic E-state index is 0.142. The van der Waals surface area contributed by atoms with Crippen molar-refractivity contribution in [3.05, 3.63) is 83.5 Å². The molecule has 3 atom stereocenters. The summed E-state index contributed by atoms with van der Waals surface area (Å²) >= 11 is 0. The number of hydrogen-bond donors (Lipinski definition) is 0. The van der Waals surface area contributed by atoms with Crippen LogP contribution in [0.3, 0.4) is 0 Å². The highest BCUT2D eigenvalue weighted by atomic mass is 31.1. The monoisotopic (exact) mass is 528 g/mol. The van der Waals surface area contributed by atoms with E-state index in [-0.39, 0.29) is 10.6 Å². The van der Waals surface area contributed by atoms with Crippen molar-refractivity contribution in [3.63, 3.8) is 0 Å². The smallest absolute Gasteiger partial charge is 0.0170 e. The molecule has 5 aliphatic carbocycles. The molecule has 4 saturated carbocycles. The minimum Gasteiger partial charge on any atom is -0.126 e. The van der Waals surface area contributed by atoms with Gasteiger partial charge in [-0.3, -0.25) is 0 Å². The zero-order valence-electron chi connectivity index (χ0n) is 23.6. The maximum atomic E-state index is 3.60. The summed E-state index contributed by atoms with van der Waals surface area (Å²) in [6.45, 7) is 12.3. The molecule has 2 heteroatoms. The van der Waals surface area contributed by atoms with Crippen LogP contribution in [0.2, 0.25) is 0 Å². The predicted octanol–water partition coefficient (Wildman–Crippen LogP) is 8.72. The van der Waals surface area contributed by atoms with Crippen LogP contribution >= 0.6 is 17.2 Å². The standard InChI is InChI=1S/C35H46P2/c1-24-11-6-8-15-31(24)37(32-16-9-7-12-25(32)2)23-29-13-10-14-30(29)35(36,33(3,4)5)34-20-26-17-27(21-34)19-28(18-26)22-34/h6-16,26-29H,17-23,36H2,1-5H3. The molecule has 0 amide bonds. The Labute approximate surface area is 229 Å². The van der Waals surface area contributed by atoms with Gasteiger partial charge in [0.25, 0.3) is 0 Å². The Morgan fingerprint density at radius 2 is 1.30 bits per heavy atom. The summed E-state index contributed by atoms with van der Waals surface area (Å²) in [6.07, 6.45) is 17.6. The van der Waals surface area contributed by atoms with Crippen LogP contribution in [0.15, 0.2) is 72.3 Å². The third-order valence-electron chi connectivity index (χ3n) is 10.7. The number of benzene rings is 2. The molecule has 0 nitrogen and oxygen atoms in total. The van der Waals surface area contributed by atoms with Gasteiger partial charge in [-0.05, 0) is 117 Å². The summed E-state index contributed by atoms with van der Waals surface area (Å²) in [4.78, 5) is 0. The Kier molecular flexibility index (Phi) is 6.65.